The number of benzene rings is 1. The zero-order valence-electron chi connectivity index (χ0n) is 21.3. The highest BCUT2D eigenvalue weighted by molar-refractivity contribution is 7.80. The van der Waals surface area contributed by atoms with Crippen LogP contribution in [-0.4, -0.2) is 37.0 Å². The summed E-state index contributed by atoms with van der Waals surface area (Å²) in [5, 5.41) is 6.88. The van der Waals surface area contributed by atoms with Crippen molar-refractivity contribution in [2.75, 3.05) is 11.9 Å². The molecule has 1 aromatic carbocycles. The summed E-state index contributed by atoms with van der Waals surface area (Å²) in [5.41, 5.74) is 5.96. The number of hydrogen-bond donors (Lipinski definition) is 2. The summed E-state index contributed by atoms with van der Waals surface area (Å²) in [6, 6.07) is 17.5. The molecule has 1 fully saturated rings. The fourth-order valence-electron chi connectivity index (χ4n) is 5.01. The highest BCUT2D eigenvalue weighted by Gasteiger charge is 2.41. The molecule has 2 N–H and O–H groups in total. The van der Waals surface area contributed by atoms with Crippen LogP contribution in [0, 0.1) is 19.7 Å². The number of hydrogen-bond acceptors (Lipinski definition) is 4. The normalized spacial score (nSPS) is 16.9. The molecule has 3 aromatic heterocycles. The minimum absolute atomic E-state index is 0.148. The number of halogens is 1. The molecule has 5 rings (SSSR count). The minimum atomic E-state index is -0.346. The number of rotatable bonds is 8. The molecule has 1 aliphatic heterocycles. The van der Waals surface area contributed by atoms with Gasteiger partial charge in [0.15, 0.2) is 5.11 Å². The van der Waals surface area contributed by atoms with Gasteiger partial charge in [-0.3, -0.25) is 14.8 Å². The third-order valence-corrected chi connectivity index (χ3v) is 7.25. The third kappa shape index (κ3) is 5.43. The number of aromatic nitrogens is 3. The lowest BCUT2D eigenvalue weighted by molar-refractivity contribution is -0.116. The minimum Gasteiger partial charge on any atom is -0.352 e. The summed E-state index contributed by atoms with van der Waals surface area (Å²) in [5.74, 6) is -0.512. The topological polar surface area (TPSA) is 75.1 Å². The van der Waals surface area contributed by atoms with Crippen LogP contribution < -0.4 is 10.6 Å². The number of anilines is 1. The molecule has 4 heterocycles. The number of nitrogens with one attached hydrogen (secondary N) is 2. The van der Waals surface area contributed by atoms with Crippen molar-refractivity contribution in [3.8, 4) is 0 Å². The van der Waals surface area contributed by atoms with Crippen LogP contribution in [-0.2, 0) is 11.3 Å². The molecule has 9 heteroatoms. The van der Waals surface area contributed by atoms with Crippen LogP contribution in [0.4, 0.5) is 10.1 Å². The molecule has 1 amide bonds. The number of aryl methyl sites for hydroxylation is 1. The molecular formula is C29H29FN6OS. The van der Waals surface area contributed by atoms with Gasteiger partial charge in [-0.1, -0.05) is 12.1 Å². The molecule has 2 unspecified atom stereocenters. The van der Waals surface area contributed by atoms with Crippen LogP contribution in [0.3, 0.4) is 0 Å². The van der Waals surface area contributed by atoms with Crippen molar-refractivity contribution >= 4 is 28.9 Å². The number of nitrogens with zero attached hydrogens (tertiary/aromatic N) is 4. The molecule has 4 aromatic rings. The van der Waals surface area contributed by atoms with Crippen molar-refractivity contribution in [3.05, 3.63) is 113 Å². The first-order chi connectivity index (χ1) is 18.4. The molecule has 0 aliphatic carbocycles. The zero-order valence-corrected chi connectivity index (χ0v) is 22.1. The van der Waals surface area contributed by atoms with Gasteiger partial charge in [0.25, 0.3) is 0 Å². The fourth-order valence-corrected chi connectivity index (χ4v) is 5.34. The number of thiocarbonyl (C=S) groups is 1. The number of carbonyl (C=O) groups excluding carboxylic acids is 1. The van der Waals surface area contributed by atoms with Crippen molar-refractivity contribution in [2.45, 2.75) is 38.9 Å². The van der Waals surface area contributed by atoms with Gasteiger partial charge in [-0.05, 0) is 85.7 Å². The molecule has 7 nitrogen and oxygen atoms in total. The molecule has 0 radical (unpaired) electrons. The van der Waals surface area contributed by atoms with E-state index in [2.05, 4.69) is 56.0 Å². The van der Waals surface area contributed by atoms with Crippen LogP contribution in [0.2, 0.25) is 0 Å². The van der Waals surface area contributed by atoms with Gasteiger partial charge in [-0.15, -0.1) is 0 Å². The first kappa shape index (κ1) is 25.5. The fraction of sp³-hybridized carbons (Fsp3) is 0.241. The van der Waals surface area contributed by atoms with E-state index in [0.717, 1.165) is 28.2 Å². The van der Waals surface area contributed by atoms with Gasteiger partial charge in [-0.25, -0.2) is 4.39 Å². The highest BCUT2D eigenvalue weighted by atomic mass is 32.1. The Morgan fingerprint density at radius 1 is 1.11 bits per heavy atom. The van der Waals surface area contributed by atoms with Gasteiger partial charge in [0, 0.05) is 55.2 Å². The monoisotopic (exact) mass is 528 g/mol. The highest BCUT2D eigenvalue weighted by Crippen LogP contribution is 2.41. The van der Waals surface area contributed by atoms with E-state index in [-0.39, 0.29) is 30.2 Å². The maximum absolute atomic E-state index is 13.2. The van der Waals surface area contributed by atoms with Crippen LogP contribution in [0.15, 0.2) is 79.3 Å². The van der Waals surface area contributed by atoms with E-state index in [9.17, 15) is 9.18 Å². The Balaban J connectivity index is 1.42. The lowest BCUT2D eigenvalue weighted by Gasteiger charge is -2.28. The van der Waals surface area contributed by atoms with Crippen molar-refractivity contribution < 1.29 is 9.18 Å². The zero-order chi connectivity index (χ0) is 26.6. The van der Waals surface area contributed by atoms with E-state index in [4.69, 9.17) is 12.2 Å². The summed E-state index contributed by atoms with van der Waals surface area (Å²) in [6.07, 6.45) is 5.66. The van der Waals surface area contributed by atoms with Gasteiger partial charge in [0.2, 0.25) is 5.91 Å². The lowest BCUT2D eigenvalue weighted by atomic mass is 9.96. The maximum atomic E-state index is 13.2. The van der Waals surface area contributed by atoms with Crippen LogP contribution in [0.5, 0.6) is 0 Å². The summed E-state index contributed by atoms with van der Waals surface area (Å²) >= 11 is 5.78. The van der Waals surface area contributed by atoms with Gasteiger partial charge in [-0.2, -0.15) is 0 Å². The van der Waals surface area contributed by atoms with E-state index in [1.807, 2.05) is 30.5 Å². The van der Waals surface area contributed by atoms with Crippen molar-refractivity contribution in [2.24, 2.45) is 0 Å². The second kappa shape index (κ2) is 11.1. The molecule has 0 saturated carbocycles. The SMILES string of the molecule is Cc1cc(C2C(c3ccccn3)NC(=S)N2CCC(=O)Nc2ccc(F)cc2)c(C)n1Cc1cccnc1. The summed E-state index contributed by atoms with van der Waals surface area (Å²) < 4.78 is 15.5. The van der Waals surface area contributed by atoms with E-state index < -0.39 is 0 Å². The Morgan fingerprint density at radius 2 is 1.92 bits per heavy atom. The first-order valence-corrected chi connectivity index (χ1v) is 12.9. The Bertz CT molecular complexity index is 1420. The summed E-state index contributed by atoms with van der Waals surface area (Å²) in [6.45, 7) is 5.35. The number of pyridine rings is 2. The van der Waals surface area contributed by atoms with Crippen LogP contribution in [0.1, 0.15) is 46.7 Å². The predicted octanol–water partition coefficient (Wildman–Crippen LogP) is 5.08. The second-order valence-electron chi connectivity index (χ2n) is 9.40. The molecule has 1 saturated heterocycles. The second-order valence-corrected chi connectivity index (χ2v) is 9.79. The lowest BCUT2D eigenvalue weighted by Crippen LogP contribution is -2.33. The largest absolute Gasteiger partial charge is 0.352 e. The Morgan fingerprint density at radius 3 is 2.63 bits per heavy atom. The molecule has 1 aliphatic rings. The first-order valence-electron chi connectivity index (χ1n) is 12.5. The average Bonchev–Trinajstić information content (AvgIpc) is 3.40. The average molecular weight is 529 g/mol. The van der Waals surface area contributed by atoms with Gasteiger partial charge >= 0.3 is 0 Å². The van der Waals surface area contributed by atoms with Crippen molar-refractivity contribution in [1.29, 1.82) is 0 Å². The smallest absolute Gasteiger partial charge is 0.226 e. The third-order valence-electron chi connectivity index (χ3n) is 6.90. The molecule has 2 atom stereocenters. The van der Waals surface area contributed by atoms with Gasteiger partial charge < -0.3 is 20.1 Å². The molecule has 0 bridgehead atoms. The quantitative estimate of drug-likeness (QED) is 0.311. The predicted molar refractivity (Wildman–Crippen MR) is 149 cm³/mol. The maximum Gasteiger partial charge on any atom is 0.226 e. The molecule has 0 spiro atoms. The standard InChI is InChI=1S/C29H29FN6OS/c1-19-16-24(20(2)36(19)18-21-6-5-13-31-17-21)28-27(25-7-3-4-14-32-25)34-29(38)35(28)15-12-26(37)33-23-10-8-22(30)9-11-23/h3-11,13-14,16-17,27-28H,12,15,18H2,1-2H3,(H,33,37)(H,34,38). The van der Waals surface area contributed by atoms with Crippen molar-refractivity contribution in [1.82, 2.24) is 24.8 Å². The van der Waals surface area contributed by atoms with Gasteiger partial charge in [0.05, 0.1) is 17.8 Å². The Kier molecular flexibility index (Phi) is 7.46. The summed E-state index contributed by atoms with van der Waals surface area (Å²) in [7, 11) is 0. The molecular weight excluding hydrogens is 499 g/mol. The summed E-state index contributed by atoms with van der Waals surface area (Å²) in [4.78, 5) is 23.7. The number of carbonyl (C=O) groups is 1. The molecule has 194 valence electrons. The van der Waals surface area contributed by atoms with E-state index in [1.54, 1.807) is 24.5 Å². The van der Waals surface area contributed by atoms with Crippen LogP contribution >= 0.6 is 12.2 Å². The van der Waals surface area contributed by atoms with Crippen molar-refractivity contribution in [3.63, 3.8) is 0 Å². The van der Waals surface area contributed by atoms with E-state index in [0.29, 0.717) is 23.9 Å². The van der Waals surface area contributed by atoms with E-state index >= 15 is 0 Å². The molecule has 38 heavy (non-hydrogen) atoms. The Labute approximate surface area is 226 Å². The van der Waals surface area contributed by atoms with E-state index in [1.165, 1.54) is 12.1 Å². The van der Waals surface area contributed by atoms with Crippen LogP contribution in [0.25, 0.3) is 0 Å². The van der Waals surface area contributed by atoms with Gasteiger partial charge in [0.1, 0.15) is 5.82 Å². The Hall–Kier alpha value is -4.11. The number of amides is 1.